The summed E-state index contributed by atoms with van der Waals surface area (Å²) in [5, 5.41) is 10.8. The van der Waals surface area contributed by atoms with Gasteiger partial charge in [-0.25, -0.2) is 0 Å². The summed E-state index contributed by atoms with van der Waals surface area (Å²) in [4.78, 5) is 0. The van der Waals surface area contributed by atoms with Gasteiger partial charge in [-0.1, -0.05) is 42.5 Å². The second-order valence-electron chi connectivity index (χ2n) is 4.16. The van der Waals surface area contributed by atoms with Crippen molar-refractivity contribution in [3.8, 4) is 5.75 Å². The van der Waals surface area contributed by atoms with Crippen LogP contribution >= 0.6 is 0 Å². The third kappa shape index (κ3) is 2.23. The Hall–Kier alpha value is -1.84. The average Bonchev–Trinajstić information content (AvgIpc) is 2.47. The molecule has 2 aromatic rings. The van der Waals surface area contributed by atoms with Crippen molar-refractivity contribution in [2.75, 3.05) is 13.7 Å². The molecule has 3 heteroatoms. The van der Waals surface area contributed by atoms with Crippen molar-refractivity contribution in [1.82, 2.24) is 0 Å². The van der Waals surface area contributed by atoms with Gasteiger partial charge in [-0.2, -0.15) is 0 Å². The van der Waals surface area contributed by atoms with Crippen molar-refractivity contribution < 1.29 is 9.84 Å². The smallest absolute Gasteiger partial charge is 0.127 e. The number of rotatable bonds is 4. The van der Waals surface area contributed by atoms with E-state index in [1.54, 1.807) is 13.2 Å². The molecule has 0 aliphatic carbocycles. The van der Waals surface area contributed by atoms with Crippen LogP contribution in [0.25, 0.3) is 0 Å². The average molecular weight is 243 g/mol. The normalized spacial score (nSPS) is 13.9. The van der Waals surface area contributed by atoms with E-state index in [9.17, 15) is 5.11 Å². The van der Waals surface area contributed by atoms with Crippen LogP contribution in [0.4, 0.5) is 0 Å². The zero-order valence-electron chi connectivity index (χ0n) is 10.3. The lowest BCUT2D eigenvalue weighted by atomic mass is 9.86. The van der Waals surface area contributed by atoms with Crippen LogP contribution in [-0.2, 0) is 5.60 Å². The van der Waals surface area contributed by atoms with Gasteiger partial charge in [0.15, 0.2) is 0 Å². The summed E-state index contributed by atoms with van der Waals surface area (Å²) in [6, 6.07) is 16.8. The van der Waals surface area contributed by atoms with Crippen molar-refractivity contribution in [3.63, 3.8) is 0 Å². The Labute approximate surface area is 107 Å². The first-order valence-electron chi connectivity index (χ1n) is 5.83. The molecule has 1 unspecified atom stereocenters. The van der Waals surface area contributed by atoms with Gasteiger partial charge in [0.2, 0.25) is 0 Å². The topological polar surface area (TPSA) is 55.5 Å². The number of methoxy groups -OCH3 is 1. The molecule has 0 aliphatic rings. The number of benzene rings is 2. The lowest BCUT2D eigenvalue weighted by Gasteiger charge is -2.28. The number of aliphatic hydroxyl groups is 1. The predicted molar refractivity (Wildman–Crippen MR) is 71.5 cm³/mol. The van der Waals surface area contributed by atoms with Crippen LogP contribution in [0.2, 0.25) is 0 Å². The minimum atomic E-state index is -1.18. The van der Waals surface area contributed by atoms with Gasteiger partial charge < -0.3 is 15.6 Å². The van der Waals surface area contributed by atoms with Gasteiger partial charge in [-0.3, -0.25) is 0 Å². The molecule has 0 radical (unpaired) electrons. The Morgan fingerprint density at radius 1 is 1.06 bits per heavy atom. The Balaban J connectivity index is 2.49. The van der Waals surface area contributed by atoms with Gasteiger partial charge in [0, 0.05) is 6.54 Å². The second-order valence-corrected chi connectivity index (χ2v) is 4.16. The first kappa shape index (κ1) is 12.6. The van der Waals surface area contributed by atoms with Crippen LogP contribution < -0.4 is 10.5 Å². The number of hydrogen-bond donors (Lipinski definition) is 2. The standard InChI is InChI=1S/C15H17NO2/c1-18-14-9-5-8-13(10-14)15(17,11-16)12-6-3-2-4-7-12/h2-10,17H,11,16H2,1H3. The van der Waals surface area contributed by atoms with Crippen molar-refractivity contribution in [2.24, 2.45) is 5.73 Å². The summed E-state index contributed by atoms with van der Waals surface area (Å²) >= 11 is 0. The first-order chi connectivity index (χ1) is 8.70. The minimum Gasteiger partial charge on any atom is -0.497 e. The molecule has 0 bridgehead atoms. The maximum Gasteiger partial charge on any atom is 0.127 e. The fourth-order valence-corrected chi connectivity index (χ4v) is 2.00. The first-order valence-corrected chi connectivity index (χ1v) is 5.83. The van der Waals surface area contributed by atoms with Gasteiger partial charge in [0.1, 0.15) is 11.4 Å². The molecular weight excluding hydrogens is 226 g/mol. The Kier molecular flexibility index (Phi) is 3.65. The maximum atomic E-state index is 10.8. The molecule has 0 fully saturated rings. The van der Waals surface area contributed by atoms with Crippen LogP contribution in [0.5, 0.6) is 5.75 Å². The van der Waals surface area contributed by atoms with Crippen LogP contribution in [0.15, 0.2) is 54.6 Å². The zero-order valence-corrected chi connectivity index (χ0v) is 10.3. The Bertz CT molecular complexity index is 513. The molecule has 3 N–H and O–H groups in total. The van der Waals surface area contributed by atoms with Crippen molar-refractivity contribution in [2.45, 2.75) is 5.60 Å². The molecule has 0 saturated heterocycles. The summed E-state index contributed by atoms with van der Waals surface area (Å²) in [5.74, 6) is 0.704. The van der Waals surface area contributed by atoms with Crippen LogP contribution in [0.3, 0.4) is 0 Å². The quantitative estimate of drug-likeness (QED) is 0.862. The highest BCUT2D eigenvalue weighted by Gasteiger charge is 2.29. The molecule has 2 aromatic carbocycles. The third-order valence-electron chi connectivity index (χ3n) is 3.09. The molecule has 0 amide bonds. The largest absolute Gasteiger partial charge is 0.497 e. The monoisotopic (exact) mass is 243 g/mol. The summed E-state index contributed by atoms with van der Waals surface area (Å²) in [5.41, 5.74) is 6.10. The Morgan fingerprint density at radius 3 is 2.33 bits per heavy atom. The SMILES string of the molecule is COc1cccc(C(O)(CN)c2ccccc2)c1. The van der Waals surface area contributed by atoms with Crippen LogP contribution in [-0.4, -0.2) is 18.8 Å². The van der Waals surface area contributed by atoms with Gasteiger partial charge >= 0.3 is 0 Å². The van der Waals surface area contributed by atoms with Gasteiger partial charge in [0.25, 0.3) is 0 Å². The molecule has 0 spiro atoms. The second kappa shape index (κ2) is 5.21. The van der Waals surface area contributed by atoms with Gasteiger partial charge in [-0.05, 0) is 23.3 Å². The maximum absolute atomic E-state index is 10.8. The molecule has 3 nitrogen and oxygen atoms in total. The van der Waals surface area contributed by atoms with Gasteiger partial charge in [0.05, 0.1) is 7.11 Å². The lowest BCUT2D eigenvalue weighted by Crippen LogP contribution is -2.36. The molecule has 2 rings (SSSR count). The highest BCUT2D eigenvalue weighted by atomic mass is 16.5. The van der Waals surface area contributed by atoms with Crippen LogP contribution in [0, 0.1) is 0 Å². The molecule has 1 atom stereocenters. The molecule has 0 heterocycles. The molecule has 0 saturated carbocycles. The summed E-state index contributed by atoms with van der Waals surface area (Å²) in [6.45, 7) is 0.115. The molecule has 0 aliphatic heterocycles. The van der Waals surface area contributed by atoms with E-state index < -0.39 is 5.60 Å². The van der Waals surface area contributed by atoms with Crippen molar-refractivity contribution >= 4 is 0 Å². The molecule has 0 aromatic heterocycles. The summed E-state index contributed by atoms with van der Waals surface area (Å²) in [6.07, 6.45) is 0. The summed E-state index contributed by atoms with van der Waals surface area (Å²) in [7, 11) is 1.60. The fourth-order valence-electron chi connectivity index (χ4n) is 2.00. The number of ether oxygens (including phenoxy) is 1. The zero-order chi connectivity index (χ0) is 13.0. The fraction of sp³-hybridized carbons (Fsp3) is 0.200. The molecule has 94 valence electrons. The number of nitrogens with two attached hydrogens (primary N) is 1. The minimum absolute atomic E-state index is 0.115. The van der Waals surface area contributed by atoms with E-state index in [1.807, 2.05) is 48.5 Å². The Morgan fingerprint density at radius 2 is 1.72 bits per heavy atom. The summed E-state index contributed by atoms with van der Waals surface area (Å²) < 4.78 is 5.18. The third-order valence-corrected chi connectivity index (χ3v) is 3.09. The van der Waals surface area contributed by atoms with Gasteiger partial charge in [-0.15, -0.1) is 0 Å². The van der Waals surface area contributed by atoms with E-state index in [1.165, 1.54) is 0 Å². The predicted octanol–water partition coefficient (Wildman–Crippen LogP) is 1.89. The van der Waals surface area contributed by atoms with E-state index in [4.69, 9.17) is 10.5 Å². The van der Waals surface area contributed by atoms with E-state index in [0.29, 0.717) is 5.75 Å². The highest BCUT2D eigenvalue weighted by Crippen LogP contribution is 2.30. The van der Waals surface area contributed by atoms with Crippen molar-refractivity contribution in [3.05, 3.63) is 65.7 Å². The van der Waals surface area contributed by atoms with Crippen LogP contribution in [0.1, 0.15) is 11.1 Å². The van der Waals surface area contributed by atoms with E-state index in [2.05, 4.69) is 0 Å². The lowest BCUT2D eigenvalue weighted by molar-refractivity contribution is 0.0900. The molecule has 18 heavy (non-hydrogen) atoms. The van der Waals surface area contributed by atoms with Crippen molar-refractivity contribution in [1.29, 1.82) is 0 Å². The van der Waals surface area contributed by atoms with E-state index in [-0.39, 0.29) is 6.54 Å². The molecular formula is C15H17NO2. The van der Waals surface area contributed by atoms with E-state index in [0.717, 1.165) is 11.1 Å². The number of hydrogen-bond acceptors (Lipinski definition) is 3. The highest BCUT2D eigenvalue weighted by molar-refractivity contribution is 5.40. The van der Waals surface area contributed by atoms with E-state index >= 15 is 0 Å².